The molecule has 0 spiro atoms. The number of carbonyl (C=O) groups excluding carboxylic acids is 2. The molecule has 2 aromatic carbocycles. The van der Waals surface area contributed by atoms with E-state index in [0.717, 1.165) is 5.56 Å². The summed E-state index contributed by atoms with van der Waals surface area (Å²) < 4.78 is 1.59. The average Bonchev–Trinajstić information content (AvgIpc) is 3.19. The van der Waals surface area contributed by atoms with E-state index in [2.05, 4.69) is 26.6 Å². The molecule has 0 atom stereocenters. The maximum atomic E-state index is 12.6. The van der Waals surface area contributed by atoms with Crippen molar-refractivity contribution >= 4 is 40.1 Å². The molecule has 8 heteroatoms. The van der Waals surface area contributed by atoms with Gasteiger partial charge < -0.3 is 10.6 Å². The van der Waals surface area contributed by atoms with Crippen molar-refractivity contribution in [3.05, 3.63) is 77.4 Å². The van der Waals surface area contributed by atoms with Gasteiger partial charge in [0.2, 0.25) is 0 Å². The number of carbonyl (C=O) groups is 2. The minimum absolute atomic E-state index is 0.226. The van der Waals surface area contributed by atoms with E-state index in [0.29, 0.717) is 46.9 Å². The van der Waals surface area contributed by atoms with E-state index in [9.17, 15) is 9.59 Å². The largest absolute Gasteiger partial charge is 0.322 e. The summed E-state index contributed by atoms with van der Waals surface area (Å²) in [4.78, 5) is 29.1. The summed E-state index contributed by atoms with van der Waals surface area (Å²) >= 11 is 6.03. The first-order chi connectivity index (χ1) is 15.9. The molecule has 2 heterocycles. The third kappa shape index (κ3) is 5.03. The number of nitrogens with one attached hydrogen (secondary N) is 2. The molecule has 1 aliphatic rings. The average molecular weight is 458 g/mol. The van der Waals surface area contributed by atoms with E-state index in [1.807, 2.05) is 12.1 Å². The summed E-state index contributed by atoms with van der Waals surface area (Å²) in [6.07, 6.45) is 7.88. The van der Waals surface area contributed by atoms with Crippen LogP contribution in [0.15, 0.2) is 71.2 Å². The van der Waals surface area contributed by atoms with E-state index in [-0.39, 0.29) is 17.0 Å². The zero-order chi connectivity index (χ0) is 23.4. The molecule has 1 aromatic heterocycles. The highest BCUT2D eigenvalue weighted by molar-refractivity contribution is 6.72. The molecule has 3 aromatic rings. The van der Waals surface area contributed by atoms with E-state index < -0.39 is 0 Å². The Morgan fingerprint density at radius 3 is 2.61 bits per heavy atom. The second-order valence-electron chi connectivity index (χ2n) is 7.33. The van der Waals surface area contributed by atoms with Gasteiger partial charge in [-0.25, -0.2) is 0 Å². The maximum Gasteiger partial charge on any atom is 0.258 e. The van der Waals surface area contributed by atoms with Crippen LogP contribution in [0.25, 0.3) is 11.3 Å². The molecule has 2 N–H and O–H groups in total. The van der Waals surface area contributed by atoms with Gasteiger partial charge in [0.15, 0.2) is 0 Å². The Hall–Kier alpha value is -4.15. The number of benzene rings is 2. The molecule has 0 aliphatic carbocycles. The standard InChI is InChI=1S/C25H20ClN5O2/c1-3-16-6-4-7-18(14-16)24(32)29-22-15-21(30-31(22)2)17-9-11-19(12-10-17)28-25(33)20-8-5-13-27-23(20)26/h1,4,6-12,14-15H,5,13H2,2H3,(H,28,33)(H,29,32). The van der Waals surface area contributed by atoms with Crippen LogP contribution < -0.4 is 10.6 Å². The van der Waals surface area contributed by atoms with Crippen LogP contribution in [0.3, 0.4) is 0 Å². The van der Waals surface area contributed by atoms with Crippen molar-refractivity contribution in [2.45, 2.75) is 6.42 Å². The molecule has 7 nitrogen and oxygen atoms in total. The van der Waals surface area contributed by atoms with Crippen molar-refractivity contribution < 1.29 is 9.59 Å². The highest BCUT2D eigenvalue weighted by Gasteiger charge is 2.17. The number of hydrogen-bond donors (Lipinski definition) is 2. The third-order valence-electron chi connectivity index (χ3n) is 5.05. The molecule has 0 unspecified atom stereocenters. The normalized spacial score (nSPS) is 12.9. The van der Waals surface area contributed by atoms with Gasteiger partial charge in [-0.15, -0.1) is 6.42 Å². The van der Waals surface area contributed by atoms with Gasteiger partial charge in [0, 0.05) is 42.0 Å². The van der Waals surface area contributed by atoms with Crippen LogP contribution in [0, 0.1) is 12.3 Å². The van der Waals surface area contributed by atoms with Gasteiger partial charge in [-0.1, -0.05) is 41.8 Å². The minimum atomic E-state index is -0.298. The Bertz CT molecular complexity index is 1330. The number of halogens is 1. The van der Waals surface area contributed by atoms with Crippen molar-refractivity contribution in [3.8, 4) is 23.6 Å². The van der Waals surface area contributed by atoms with E-state index in [4.69, 9.17) is 18.0 Å². The monoisotopic (exact) mass is 457 g/mol. The quantitative estimate of drug-likeness (QED) is 0.562. The number of dihydropyridines is 1. The van der Waals surface area contributed by atoms with E-state index in [1.54, 1.807) is 60.3 Å². The fourth-order valence-electron chi connectivity index (χ4n) is 3.31. The first kappa shape index (κ1) is 22.1. The summed E-state index contributed by atoms with van der Waals surface area (Å²) in [5.41, 5.74) is 3.60. The van der Waals surface area contributed by atoms with E-state index in [1.165, 1.54) is 0 Å². The molecule has 164 valence electrons. The summed E-state index contributed by atoms with van der Waals surface area (Å²) in [7, 11) is 1.74. The second-order valence-corrected chi connectivity index (χ2v) is 7.69. The highest BCUT2D eigenvalue weighted by atomic mass is 35.5. The molecule has 0 bridgehead atoms. The molecule has 4 rings (SSSR count). The molecular formula is C25H20ClN5O2. The molecule has 2 amide bonds. The number of terminal acetylenes is 1. The van der Waals surface area contributed by atoms with Gasteiger partial charge in [0.1, 0.15) is 11.0 Å². The smallest absolute Gasteiger partial charge is 0.258 e. The lowest BCUT2D eigenvalue weighted by molar-refractivity contribution is -0.112. The van der Waals surface area contributed by atoms with Gasteiger partial charge >= 0.3 is 0 Å². The summed E-state index contributed by atoms with van der Waals surface area (Å²) in [5, 5.41) is 10.4. The summed E-state index contributed by atoms with van der Waals surface area (Å²) in [5.74, 6) is 2.48. The number of aromatic nitrogens is 2. The topological polar surface area (TPSA) is 88.4 Å². The van der Waals surface area contributed by atoms with Crippen molar-refractivity contribution in [1.82, 2.24) is 9.78 Å². The van der Waals surface area contributed by atoms with Crippen molar-refractivity contribution in [2.24, 2.45) is 12.0 Å². The van der Waals surface area contributed by atoms with Crippen LogP contribution in [-0.4, -0.2) is 33.3 Å². The lowest BCUT2D eigenvalue weighted by atomic mass is 10.1. The third-order valence-corrected chi connectivity index (χ3v) is 5.37. The molecular weight excluding hydrogens is 438 g/mol. The molecule has 0 fully saturated rings. The lowest BCUT2D eigenvalue weighted by Gasteiger charge is -2.11. The Morgan fingerprint density at radius 1 is 1.09 bits per heavy atom. The second kappa shape index (κ2) is 9.55. The first-order valence-electron chi connectivity index (χ1n) is 10.2. The Morgan fingerprint density at radius 2 is 1.88 bits per heavy atom. The van der Waals surface area contributed by atoms with Gasteiger partial charge in [0.25, 0.3) is 11.8 Å². The fourth-order valence-corrected chi connectivity index (χ4v) is 3.56. The predicted molar refractivity (Wildman–Crippen MR) is 130 cm³/mol. The number of aryl methyl sites for hydroxylation is 1. The minimum Gasteiger partial charge on any atom is -0.322 e. The van der Waals surface area contributed by atoms with Crippen molar-refractivity contribution in [2.75, 3.05) is 17.2 Å². The van der Waals surface area contributed by atoms with Crippen LogP contribution in [0.1, 0.15) is 22.3 Å². The van der Waals surface area contributed by atoms with Gasteiger partial charge in [0.05, 0.1) is 11.3 Å². The molecule has 0 saturated heterocycles. The van der Waals surface area contributed by atoms with Crippen LogP contribution in [-0.2, 0) is 11.8 Å². The van der Waals surface area contributed by atoms with E-state index >= 15 is 0 Å². The number of nitrogens with zero attached hydrogens (tertiary/aromatic N) is 3. The SMILES string of the molecule is C#Cc1cccc(C(=O)Nc2cc(-c3ccc(NC(=O)C4=CCCN=C4Cl)cc3)nn2C)c1. The molecule has 33 heavy (non-hydrogen) atoms. The Balaban J connectivity index is 1.46. The van der Waals surface area contributed by atoms with Crippen molar-refractivity contribution in [1.29, 1.82) is 0 Å². The summed E-state index contributed by atoms with van der Waals surface area (Å²) in [6.45, 7) is 0.591. The molecule has 0 saturated carbocycles. The fraction of sp³-hybridized carbons (Fsp3) is 0.120. The van der Waals surface area contributed by atoms with Crippen molar-refractivity contribution in [3.63, 3.8) is 0 Å². The number of anilines is 2. The van der Waals surface area contributed by atoms with Crippen LogP contribution in [0.2, 0.25) is 0 Å². The number of amides is 2. The zero-order valence-electron chi connectivity index (χ0n) is 17.8. The molecule has 1 aliphatic heterocycles. The number of rotatable bonds is 5. The lowest BCUT2D eigenvalue weighted by Crippen LogP contribution is -2.20. The molecule has 0 radical (unpaired) electrons. The van der Waals surface area contributed by atoms with Gasteiger partial charge in [-0.2, -0.15) is 5.10 Å². The predicted octanol–water partition coefficient (Wildman–Crippen LogP) is 4.23. The van der Waals surface area contributed by atoms with Gasteiger partial charge in [-0.05, 0) is 36.8 Å². The summed E-state index contributed by atoms with van der Waals surface area (Å²) in [6, 6.07) is 15.9. The maximum absolute atomic E-state index is 12.6. The highest BCUT2D eigenvalue weighted by Crippen LogP contribution is 2.24. The number of aliphatic imine (C=N–C) groups is 1. The van der Waals surface area contributed by atoms with Gasteiger partial charge in [-0.3, -0.25) is 19.3 Å². The van der Waals surface area contributed by atoms with Crippen LogP contribution in [0.4, 0.5) is 11.5 Å². The Kier molecular flexibility index (Phi) is 6.38. The zero-order valence-corrected chi connectivity index (χ0v) is 18.6. The number of hydrogen-bond acceptors (Lipinski definition) is 4. The Labute approximate surface area is 196 Å². The first-order valence-corrected chi connectivity index (χ1v) is 10.6. The van der Waals surface area contributed by atoms with Crippen LogP contribution >= 0.6 is 11.6 Å². The van der Waals surface area contributed by atoms with Crippen LogP contribution in [0.5, 0.6) is 0 Å².